The van der Waals surface area contributed by atoms with Crippen molar-refractivity contribution in [3.63, 3.8) is 0 Å². The zero-order valence-corrected chi connectivity index (χ0v) is 20.2. The molecule has 0 fully saturated rings. The second-order valence-corrected chi connectivity index (χ2v) is 10.1. The second kappa shape index (κ2) is 10.1. The van der Waals surface area contributed by atoms with Gasteiger partial charge in [0.1, 0.15) is 5.82 Å². The van der Waals surface area contributed by atoms with Crippen LogP contribution in [0.15, 0.2) is 102 Å². The third-order valence-electron chi connectivity index (χ3n) is 5.73. The molecule has 0 aliphatic carbocycles. The zero-order valence-electron chi connectivity index (χ0n) is 19.4. The summed E-state index contributed by atoms with van der Waals surface area (Å²) in [7, 11) is -3.82. The maximum atomic E-state index is 13.6. The minimum atomic E-state index is -3.82. The molecule has 4 aromatic rings. The Labute approximate surface area is 204 Å². The van der Waals surface area contributed by atoms with E-state index >= 15 is 0 Å². The summed E-state index contributed by atoms with van der Waals surface area (Å²) in [6, 6.07) is 26.2. The molecule has 0 aliphatic rings. The summed E-state index contributed by atoms with van der Waals surface area (Å²) in [5.74, 6) is -0.917. The first-order valence-electron chi connectivity index (χ1n) is 11.0. The van der Waals surface area contributed by atoms with Gasteiger partial charge in [0.2, 0.25) is 0 Å². The number of benzene rings is 4. The van der Waals surface area contributed by atoms with Crippen LogP contribution in [-0.4, -0.2) is 14.3 Å². The molecule has 0 aliphatic heterocycles. The number of rotatable bonds is 7. The number of aryl methyl sites for hydroxylation is 2. The van der Waals surface area contributed by atoms with Gasteiger partial charge in [0.25, 0.3) is 15.9 Å². The van der Waals surface area contributed by atoms with Gasteiger partial charge in [-0.2, -0.15) is 0 Å². The molecule has 1 N–H and O–H groups in total. The largest absolute Gasteiger partial charge is 0.322 e. The van der Waals surface area contributed by atoms with E-state index < -0.39 is 21.7 Å². The third kappa shape index (κ3) is 5.58. The molecule has 0 aromatic heterocycles. The van der Waals surface area contributed by atoms with Crippen LogP contribution in [0.4, 0.5) is 15.8 Å². The Morgan fingerprint density at radius 1 is 0.829 bits per heavy atom. The zero-order chi connectivity index (χ0) is 25.0. The van der Waals surface area contributed by atoms with Crippen molar-refractivity contribution in [2.75, 3.05) is 9.62 Å². The first kappa shape index (κ1) is 24.2. The highest BCUT2D eigenvalue weighted by molar-refractivity contribution is 7.92. The van der Waals surface area contributed by atoms with Crippen LogP contribution in [0, 0.1) is 19.7 Å². The van der Waals surface area contributed by atoms with Gasteiger partial charge in [0, 0.05) is 11.3 Å². The lowest BCUT2D eigenvalue weighted by Gasteiger charge is -2.25. The number of hydrogen-bond acceptors (Lipinski definition) is 3. The Balaban J connectivity index is 1.61. The summed E-state index contributed by atoms with van der Waals surface area (Å²) < 4.78 is 41.9. The molecule has 0 atom stereocenters. The van der Waals surface area contributed by atoms with Crippen molar-refractivity contribution in [2.24, 2.45) is 0 Å². The van der Waals surface area contributed by atoms with Gasteiger partial charge in [0.05, 0.1) is 17.1 Å². The molecule has 0 radical (unpaired) electrons. The smallest absolute Gasteiger partial charge is 0.264 e. The maximum Gasteiger partial charge on any atom is 0.264 e. The molecule has 0 heterocycles. The average Bonchev–Trinajstić information content (AvgIpc) is 2.86. The van der Waals surface area contributed by atoms with Crippen molar-refractivity contribution < 1.29 is 17.6 Å². The third-order valence-corrected chi connectivity index (χ3v) is 7.52. The molecule has 5 nitrogen and oxygen atoms in total. The van der Waals surface area contributed by atoms with Gasteiger partial charge in [0.15, 0.2) is 0 Å². The van der Waals surface area contributed by atoms with Crippen molar-refractivity contribution in [2.45, 2.75) is 25.3 Å². The predicted octanol–water partition coefficient (Wildman–Crippen LogP) is 6.09. The number of amides is 1. The number of nitrogens with one attached hydrogen (secondary N) is 1. The van der Waals surface area contributed by atoms with Gasteiger partial charge in [-0.1, -0.05) is 42.5 Å². The molecule has 0 spiro atoms. The fourth-order valence-corrected chi connectivity index (χ4v) is 5.07. The number of sulfonamides is 1. The molecular weight excluding hydrogens is 463 g/mol. The molecule has 7 heteroatoms. The molecule has 35 heavy (non-hydrogen) atoms. The predicted molar refractivity (Wildman–Crippen MR) is 137 cm³/mol. The first-order valence-corrected chi connectivity index (χ1v) is 12.5. The van der Waals surface area contributed by atoms with Crippen molar-refractivity contribution in [1.29, 1.82) is 0 Å². The second-order valence-electron chi connectivity index (χ2n) is 8.25. The van der Waals surface area contributed by atoms with Gasteiger partial charge in [-0.05, 0) is 85.1 Å². The van der Waals surface area contributed by atoms with E-state index in [0.29, 0.717) is 11.4 Å². The SMILES string of the molecule is Cc1ccc(N(Cc2ccc(NC(=O)c3cccc(F)c3)cc2)S(=O)(=O)c2ccccc2)cc1C. The summed E-state index contributed by atoms with van der Waals surface area (Å²) >= 11 is 0. The molecule has 0 bridgehead atoms. The molecule has 0 saturated carbocycles. The summed E-state index contributed by atoms with van der Waals surface area (Å²) in [6.07, 6.45) is 0. The monoisotopic (exact) mass is 488 g/mol. The number of carbonyl (C=O) groups is 1. The van der Waals surface area contributed by atoms with Crippen LogP contribution >= 0.6 is 0 Å². The topological polar surface area (TPSA) is 66.5 Å². The number of nitrogens with zero attached hydrogens (tertiary/aromatic N) is 1. The van der Waals surface area contributed by atoms with Crippen LogP contribution < -0.4 is 9.62 Å². The Bertz CT molecular complexity index is 1450. The van der Waals surface area contributed by atoms with Crippen LogP contribution in [-0.2, 0) is 16.6 Å². The number of carbonyl (C=O) groups excluding carboxylic acids is 1. The Kier molecular flexibility index (Phi) is 6.98. The summed E-state index contributed by atoms with van der Waals surface area (Å²) in [5, 5.41) is 2.73. The molecule has 0 unspecified atom stereocenters. The lowest BCUT2D eigenvalue weighted by molar-refractivity contribution is 0.102. The van der Waals surface area contributed by atoms with E-state index in [4.69, 9.17) is 0 Å². The number of hydrogen-bond donors (Lipinski definition) is 1. The lowest BCUT2D eigenvalue weighted by Crippen LogP contribution is -2.30. The standard InChI is InChI=1S/C28H25FN2O3S/c1-20-11-16-26(17-21(20)2)31(35(33,34)27-9-4-3-5-10-27)19-22-12-14-25(15-13-22)30-28(32)23-7-6-8-24(29)18-23/h3-18H,19H2,1-2H3,(H,30,32). The fraction of sp³-hybridized carbons (Fsp3) is 0.107. The van der Waals surface area contributed by atoms with Gasteiger partial charge in [-0.3, -0.25) is 9.10 Å². The molecule has 0 saturated heterocycles. The van der Waals surface area contributed by atoms with Crippen molar-refractivity contribution in [1.82, 2.24) is 0 Å². The van der Waals surface area contributed by atoms with E-state index in [2.05, 4.69) is 5.32 Å². The van der Waals surface area contributed by atoms with Crippen molar-refractivity contribution in [3.8, 4) is 0 Å². The molecular formula is C28H25FN2O3S. The van der Waals surface area contributed by atoms with Gasteiger partial charge in [-0.15, -0.1) is 0 Å². The van der Waals surface area contributed by atoms with Gasteiger partial charge < -0.3 is 5.32 Å². The van der Waals surface area contributed by atoms with Crippen LogP contribution in [0.25, 0.3) is 0 Å². The summed E-state index contributed by atoms with van der Waals surface area (Å²) in [4.78, 5) is 12.6. The highest BCUT2D eigenvalue weighted by Gasteiger charge is 2.25. The maximum absolute atomic E-state index is 13.6. The van der Waals surface area contributed by atoms with Crippen LogP contribution in [0.2, 0.25) is 0 Å². The normalized spacial score (nSPS) is 11.2. The van der Waals surface area contributed by atoms with Crippen LogP contribution in [0.1, 0.15) is 27.0 Å². The fourth-order valence-electron chi connectivity index (χ4n) is 3.61. The van der Waals surface area contributed by atoms with E-state index in [0.717, 1.165) is 16.7 Å². The molecule has 1 amide bonds. The van der Waals surface area contributed by atoms with E-state index in [1.54, 1.807) is 60.7 Å². The summed E-state index contributed by atoms with van der Waals surface area (Å²) in [5.41, 5.74) is 4.11. The Hall–Kier alpha value is -3.97. The molecule has 4 aromatic carbocycles. The minimum Gasteiger partial charge on any atom is -0.322 e. The van der Waals surface area contributed by atoms with Crippen molar-refractivity contribution in [3.05, 3.63) is 125 Å². The van der Waals surface area contributed by atoms with Gasteiger partial charge in [-0.25, -0.2) is 12.8 Å². The van der Waals surface area contributed by atoms with Gasteiger partial charge >= 0.3 is 0 Å². The van der Waals surface area contributed by atoms with E-state index in [1.807, 2.05) is 26.0 Å². The van der Waals surface area contributed by atoms with E-state index in [-0.39, 0.29) is 17.0 Å². The lowest BCUT2D eigenvalue weighted by atomic mass is 10.1. The Morgan fingerprint density at radius 2 is 1.54 bits per heavy atom. The van der Waals surface area contributed by atoms with Crippen LogP contribution in [0.3, 0.4) is 0 Å². The number of halogens is 1. The highest BCUT2D eigenvalue weighted by atomic mass is 32.2. The first-order chi connectivity index (χ1) is 16.7. The molecule has 4 rings (SSSR count). The average molecular weight is 489 g/mol. The van der Waals surface area contributed by atoms with Crippen molar-refractivity contribution >= 4 is 27.3 Å². The quantitative estimate of drug-likeness (QED) is 0.342. The van der Waals surface area contributed by atoms with Crippen LogP contribution in [0.5, 0.6) is 0 Å². The molecule has 178 valence electrons. The highest BCUT2D eigenvalue weighted by Crippen LogP contribution is 2.28. The van der Waals surface area contributed by atoms with E-state index in [1.165, 1.54) is 28.6 Å². The summed E-state index contributed by atoms with van der Waals surface area (Å²) in [6.45, 7) is 4.03. The minimum absolute atomic E-state index is 0.109. The van der Waals surface area contributed by atoms with E-state index in [9.17, 15) is 17.6 Å². The Morgan fingerprint density at radius 3 is 2.20 bits per heavy atom. The number of anilines is 2.